The number of nitrogens with one attached hydrogen (secondary N) is 1. The van der Waals surface area contributed by atoms with E-state index in [1.807, 2.05) is 6.08 Å². The van der Waals surface area contributed by atoms with Crippen molar-refractivity contribution in [2.24, 2.45) is 5.92 Å². The van der Waals surface area contributed by atoms with Crippen molar-refractivity contribution in [2.45, 2.75) is 40.2 Å². The molecule has 0 spiro atoms. The molecule has 1 nitrogen and oxygen atoms in total. The van der Waals surface area contributed by atoms with Crippen molar-refractivity contribution < 1.29 is 4.39 Å². The summed E-state index contributed by atoms with van der Waals surface area (Å²) in [5.41, 5.74) is 2.19. The Balaban J connectivity index is 2.95. The summed E-state index contributed by atoms with van der Waals surface area (Å²) in [6.07, 6.45) is 2.05. The van der Waals surface area contributed by atoms with Crippen LogP contribution in [0.15, 0.2) is 23.8 Å². The molecule has 0 aliphatic rings. The summed E-state index contributed by atoms with van der Waals surface area (Å²) in [7, 11) is 0. The maximum Gasteiger partial charge on any atom is 0.124 e. The Kier molecular flexibility index (Phi) is 5.57. The van der Waals surface area contributed by atoms with E-state index in [9.17, 15) is 4.39 Å². The second kappa shape index (κ2) is 6.53. The summed E-state index contributed by atoms with van der Waals surface area (Å²) in [4.78, 5) is 0. The highest BCUT2D eigenvalue weighted by molar-refractivity contribution is 6.32. The Morgan fingerprint density at radius 2 is 2.00 bits per heavy atom. The van der Waals surface area contributed by atoms with E-state index < -0.39 is 0 Å². The van der Waals surface area contributed by atoms with Gasteiger partial charge in [0.25, 0.3) is 0 Å². The van der Waals surface area contributed by atoms with Gasteiger partial charge in [-0.25, -0.2) is 4.39 Å². The molecule has 3 heteroatoms. The number of benzene rings is 1. The van der Waals surface area contributed by atoms with Crippen LogP contribution in [0.2, 0.25) is 5.02 Å². The van der Waals surface area contributed by atoms with Gasteiger partial charge in [-0.15, -0.1) is 0 Å². The van der Waals surface area contributed by atoms with E-state index in [0.29, 0.717) is 10.9 Å². The Morgan fingerprint density at radius 1 is 1.37 bits per heavy atom. The van der Waals surface area contributed by atoms with E-state index in [1.54, 1.807) is 6.07 Å². The molecule has 1 aromatic carbocycles. The molecule has 106 valence electrons. The van der Waals surface area contributed by atoms with Crippen LogP contribution in [-0.4, -0.2) is 12.1 Å². The minimum absolute atomic E-state index is 0.0700. The second-order valence-corrected chi connectivity index (χ2v) is 6.55. The van der Waals surface area contributed by atoms with Gasteiger partial charge in [0.1, 0.15) is 5.82 Å². The summed E-state index contributed by atoms with van der Waals surface area (Å²) in [5.74, 6) is 0.108. The fourth-order valence-corrected chi connectivity index (χ4v) is 1.83. The fraction of sp³-hybridized carbons (Fsp3) is 0.500. The molecular weight excluding hydrogens is 261 g/mol. The zero-order valence-corrected chi connectivity index (χ0v) is 13.1. The van der Waals surface area contributed by atoms with Crippen LogP contribution in [0.3, 0.4) is 0 Å². The van der Waals surface area contributed by atoms with Crippen molar-refractivity contribution in [3.63, 3.8) is 0 Å². The van der Waals surface area contributed by atoms with E-state index in [-0.39, 0.29) is 11.4 Å². The molecule has 1 rings (SSSR count). The standard InChI is InChI=1S/C16H23ClFN/c1-11(2)13(10-19-16(3,4)5)8-12-6-7-14(18)9-15(12)17/h6-9,11,19H,10H2,1-5H3/b13-8+. The molecule has 0 amide bonds. The minimum Gasteiger partial charge on any atom is -0.308 e. The molecule has 0 saturated carbocycles. The first-order valence-corrected chi connectivity index (χ1v) is 6.97. The molecule has 0 aliphatic carbocycles. The van der Waals surface area contributed by atoms with Crippen LogP contribution in [0.25, 0.3) is 6.08 Å². The molecule has 0 fully saturated rings. The lowest BCUT2D eigenvalue weighted by Gasteiger charge is -2.23. The zero-order valence-electron chi connectivity index (χ0n) is 12.3. The Labute approximate surface area is 120 Å². The molecule has 0 heterocycles. The highest BCUT2D eigenvalue weighted by atomic mass is 35.5. The third-order valence-corrected chi connectivity index (χ3v) is 3.20. The van der Waals surface area contributed by atoms with Gasteiger partial charge in [-0.2, -0.15) is 0 Å². The first-order chi connectivity index (χ1) is 8.69. The molecule has 0 unspecified atom stereocenters. The first kappa shape index (κ1) is 16.2. The Bertz CT molecular complexity index is 458. The van der Waals surface area contributed by atoms with E-state index in [4.69, 9.17) is 11.6 Å². The molecule has 0 radical (unpaired) electrons. The second-order valence-electron chi connectivity index (χ2n) is 6.14. The van der Waals surface area contributed by atoms with Gasteiger partial charge in [0.15, 0.2) is 0 Å². The highest BCUT2D eigenvalue weighted by Crippen LogP contribution is 2.22. The van der Waals surface area contributed by atoms with Crippen LogP contribution >= 0.6 is 11.6 Å². The fourth-order valence-electron chi connectivity index (χ4n) is 1.61. The van der Waals surface area contributed by atoms with Gasteiger partial charge in [-0.3, -0.25) is 0 Å². The topological polar surface area (TPSA) is 12.0 Å². The van der Waals surface area contributed by atoms with Crippen LogP contribution in [0, 0.1) is 11.7 Å². The average Bonchev–Trinajstić information content (AvgIpc) is 2.24. The molecule has 0 aliphatic heterocycles. The van der Waals surface area contributed by atoms with Gasteiger partial charge in [0.2, 0.25) is 0 Å². The van der Waals surface area contributed by atoms with E-state index in [2.05, 4.69) is 39.9 Å². The van der Waals surface area contributed by atoms with Crippen LogP contribution in [0.4, 0.5) is 4.39 Å². The van der Waals surface area contributed by atoms with Crippen LogP contribution in [0.5, 0.6) is 0 Å². The van der Waals surface area contributed by atoms with Crippen molar-refractivity contribution in [3.05, 3.63) is 40.2 Å². The maximum absolute atomic E-state index is 13.0. The molecule has 0 atom stereocenters. The monoisotopic (exact) mass is 283 g/mol. The van der Waals surface area contributed by atoms with E-state index in [0.717, 1.165) is 12.1 Å². The summed E-state index contributed by atoms with van der Waals surface area (Å²) >= 11 is 6.06. The number of halogens is 2. The Hall–Kier alpha value is -0.860. The number of hydrogen-bond acceptors (Lipinski definition) is 1. The number of rotatable bonds is 4. The smallest absolute Gasteiger partial charge is 0.124 e. The molecule has 19 heavy (non-hydrogen) atoms. The van der Waals surface area contributed by atoms with Crippen molar-refractivity contribution >= 4 is 17.7 Å². The van der Waals surface area contributed by atoms with Gasteiger partial charge < -0.3 is 5.32 Å². The van der Waals surface area contributed by atoms with Crippen molar-refractivity contribution in [1.82, 2.24) is 5.32 Å². The normalized spacial score (nSPS) is 13.2. The summed E-state index contributed by atoms with van der Waals surface area (Å²) in [5, 5.41) is 3.92. The van der Waals surface area contributed by atoms with E-state index in [1.165, 1.54) is 17.7 Å². The van der Waals surface area contributed by atoms with Gasteiger partial charge >= 0.3 is 0 Å². The molecule has 0 saturated heterocycles. The molecular formula is C16H23ClFN. The zero-order chi connectivity index (χ0) is 14.6. The predicted molar refractivity (Wildman–Crippen MR) is 82.0 cm³/mol. The first-order valence-electron chi connectivity index (χ1n) is 6.59. The third kappa shape index (κ3) is 5.75. The minimum atomic E-state index is -0.305. The molecule has 1 N–H and O–H groups in total. The molecule has 0 aromatic heterocycles. The average molecular weight is 284 g/mol. The lowest BCUT2D eigenvalue weighted by Crippen LogP contribution is -2.37. The largest absolute Gasteiger partial charge is 0.308 e. The molecule has 1 aromatic rings. The summed E-state index contributed by atoms with van der Waals surface area (Å²) < 4.78 is 13.0. The third-order valence-electron chi connectivity index (χ3n) is 2.87. The van der Waals surface area contributed by atoms with Gasteiger partial charge in [-0.05, 0) is 44.4 Å². The van der Waals surface area contributed by atoms with Crippen LogP contribution in [0.1, 0.15) is 40.2 Å². The van der Waals surface area contributed by atoms with Crippen molar-refractivity contribution in [1.29, 1.82) is 0 Å². The van der Waals surface area contributed by atoms with Gasteiger partial charge in [-0.1, -0.05) is 43.2 Å². The Morgan fingerprint density at radius 3 is 2.47 bits per heavy atom. The lowest BCUT2D eigenvalue weighted by molar-refractivity contribution is 0.437. The maximum atomic E-state index is 13.0. The van der Waals surface area contributed by atoms with Crippen molar-refractivity contribution in [3.8, 4) is 0 Å². The lowest BCUT2D eigenvalue weighted by atomic mass is 9.98. The molecule has 0 bridgehead atoms. The SMILES string of the molecule is CC(C)/C(=C/c1ccc(F)cc1Cl)CNC(C)(C)C. The van der Waals surface area contributed by atoms with Crippen LogP contribution in [-0.2, 0) is 0 Å². The highest BCUT2D eigenvalue weighted by Gasteiger charge is 2.12. The summed E-state index contributed by atoms with van der Waals surface area (Å²) in [6.45, 7) is 11.5. The van der Waals surface area contributed by atoms with E-state index >= 15 is 0 Å². The van der Waals surface area contributed by atoms with Crippen molar-refractivity contribution in [2.75, 3.05) is 6.54 Å². The van der Waals surface area contributed by atoms with Crippen LogP contribution < -0.4 is 5.32 Å². The predicted octanol–water partition coefficient (Wildman–Crippen LogP) is 4.91. The quantitative estimate of drug-likeness (QED) is 0.828. The number of hydrogen-bond donors (Lipinski definition) is 1. The van der Waals surface area contributed by atoms with Gasteiger partial charge in [0.05, 0.1) is 5.02 Å². The van der Waals surface area contributed by atoms with Gasteiger partial charge in [0, 0.05) is 12.1 Å². The summed E-state index contributed by atoms with van der Waals surface area (Å²) in [6, 6.07) is 4.51.